The number of aliphatic hydroxyl groups is 1. The SMILES string of the molecule is C[C@H](NCCCCO)c1ccccc1Cl. The zero-order valence-corrected chi connectivity index (χ0v) is 9.80. The number of hydrogen-bond acceptors (Lipinski definition) is 2. The first-order chi connectivity index (χ1) is 7.25. The third-order valence-corrected chi connectivity index (χ3v) is 2.75. The first-order valence-electron chi connectivity index (χ1n) is 5.34. The molecule has 0 aromatic heterocycles. The van der Waals surface area contributed by atoms with Crippen LogP contribution in [0.5, 0.6) is 0 Å². The van der Waals surface area contributed by atoms with Gasteiger partial charge in [0.25, 0.3) is 0 Å². The zero-order valence-electron chi connectivity index (χ0n) is 9.04. The second-order valence-electron chi connectivity index (χ2n) is 3.63. The van der Waals surface area contributed by atoms with Gasteiger partial charge in [-0.15, -0.1) is 0 Å². The van der Waals surface area contributed by atoms with E-state index in [0.29, 0.717) is 0 Å². The zero-order chi connectivity index (χ0) is 11.1. The fourth-order valence-corrected chi connectivity index (χ4v) is 1.79. The molecule has 1 aromatic carbocycles. The van der Waals surface area contributed by atoms with Crippen LogP contribution in [0.1, 0.15) is 31.4 Å². The van der Waals surface area contributed by atoms with Gasteiger partial charge in [0.1, 0.15) is 0 Å². The van der Waals surface area contributed by atoms with Crippen molar-refractivity contribution < 1.29 is 5.11 Å². The molecular weight excluding hydrogens is 210 g/mol. The summed E-state index contributed by atoms with van der Waals surface area (Å²) in [4.78, 5) is 0. The Balaban J connectivity index is 2.40. The van der Waals surface area contributed by atoms with Gasteiger partial charge < -0.3 is 10.4 Å². The van der Waals surface area contributed by atoms with Crippen molar-refractivity contribution in [1.29, 1.82) is 0 Å². The summed E-state index contributed by atoms with van der Waals surface area (Å²) in [5.74, 6) is 0. The van der Waals surface area contributed by atoms with Crippen LogP contribution in [0.15, 0.2) is 24.3 Å². The molecule has 84 valence electrons. The maximum atomic E-state index is 8.64. The van der Waals surface area contributed by atoms with Crippen molar-refractivity contribution in [1.82, 2.24) is 5.32 Å². The van der Waals surface area contributed by atoms with Crippen molar-refractivity contribution in [2.24, 2.45) is 0 Å². The maximum Gasteiger partial charge on any atom is 0.0453 e. The smallest absolute Gasteiger partial charge is 0.0453 e. The Morgan fingerprint density at radius 2 is 2.07 bits per heavy atom. The van der Waals surface area contributed by atoms with E-state index in [-0.39, 0.29) is 12.6 Å². The lowest BCUT2D eigenvalue weighted by Gasteiger charge is -2.15. The molecule has 0 radical (unpaired) electrons. The topological polar surface area (TPSA) is 32.3 Å². The van der Waals surface area contributed by atoms with Crippen LogP contribution in [0, 0.1) is 0 Å². The average Bonchev–Trinajstić information content (AvgIpc) is 2.25. The molecule has 0 amide bonds. The van der Waals surface area contributed by atoms with Gasteiger partial charge in [-0.1, -0.05) is 29.8 Å². The van der Waals surface area contributed by atoms with Crippen molar-refractivity contribution in [2.45, 2.75) is 25.8 Å². The van der Waals surface area contributed by atoms with Gasteiger partial charge in [0.2, 0.25) is 0 Å². The Morgan fingerprint density at radius 3 is 2.73 bits per heavy atom. The van der Waals surface area contributed by atoms with E-state index in [1.165, 1.54) is 0 Å². The molecule has 0 bridgehead atoms. The van der Waals surface area contributed by atoms with Crippen LogP contribution in [0.4, 0.5) is 0 Å². The standard InChI is InChI=1S/C12H18ClNO/c1-10(14-8-4-5-9-15)11-6-2-3-7-12(11)13/h2-3,6-7,10,14-15H,4-5,8-9H2,1H3/t10-/m0/s1. The van der Waals surface area contributed by atoms with Crippen molar-refractivity contribution in [2.75, 3.05) is 13.2 Å². The van der Waals surface area contributed by atoms with Crippen molar-refractivity contribution in [3.05, 3.63) is 34.9 Å². The van der Waals surface area contributed by atoms with E-state index >= 15 is 0 Å². The number of unbranched alkanes of at least 4 members (excludes halogenated alkanes) is 1. The van der Waals surface area contributed by atoms with Crippen LogP contribution in [0.25, 0.3) is 0 Å². The van der Waals surface area contributed by atoms with Crippen molar-refractivity contribution >= 4 is 11.6 Å². The third-order valence-electron chi connectivity index (χ3n) is 2.41. The summed E-state index contributed by atoms with van der Waals surface area (Å²) in [6.07, 6.45) is 1.84. The highest BCUT2D eigenvalue weighted by molar-refractivity contribution is 6.31. The minimum atomic E-state index is 0.261. The molecule has 0 aliphatic heterocycles. The average molecular weight is 228 g/mol. The van der Waals surface area contributed by atoms with Gasteiger partial charge in [0.05, 0.1) is 0 Å². The largest absolute Gasteiger partial charge is 0.396 e. The van der Waals surface area contributed by atoms with Crippen LogP contribution in [-0.2, 0) is 0 Å². The predicted octanol–water partition coefficient (Wildman–Crippen LogP) is 2.76. The first-order valence-corrected chi connectivity index (χ1v) is 5.72. The van der Waals surface area contributed by atoms with E-state index in [1.54, 1.807) is 0 Å². The van der Waals surface area contributed by atoms with Gasteiger partial charge in [-0.3, -0.25) is 0 Å². The summed E-state index contributed by atoms with van der Waals surface area (Å²) < 4.78 is 0. The van der Waals surface area contributed by atoms with Crippen LogP contribution >= 0.6 is 11.6 Å². The number of benzene rings is 1. The van der Waals surface area contributed by atoms with Gasteiger partial charge >= 0.3 is 0 Å². The maximum absolute atomic E-state index is 8.64. The summed E-state index contributed by atoms with van der Waals surface area (Å²) in [5.41, 5.74) is 1.13. The quantitative estimate of drug-likeness (QED) is 0.733. The minimum absolute atomic E-state index is 0.261. The van der Waals surface area contributed by atoms with Gasteiger partial charge in [0.15, 0.2) is 0 Å². The summed E-state index contributed by atoms with van der Waals surface area (Å²) in [5, 5.41) is 12.8. The van der Waals surface area contributed by atoms with Crippen LogP contribution < -0.4 is 5.32 Å². The fourth-order valence-electron chi connectivity index (χ4n) is 1.49. The molecule has 2 nitrogen and oxygen atoms in total. The molecule has 0 aliphatic carbocycles. The highest BCUT2D eigenvalue weighted by Gasteiger charge is 2.07. The molecule has 1 atom stereocenters. The van der Waals surface area contributed by atoms with E-state index in [1.807, 2.05) is 24.3 Å². The van der Waals surface area contributed by atoms with Crippen molar-refractivity contribution in [3.63, 3.8) is 0 Å². The monoisotopic (exact) mass is 227 g/mol. The van der Waals surface area contributed by atoms with E-state index in [2.05, 4.69) is 12.2 Å². The molecule has 2 N–H and O–H groups in total. The van der Waals surface area contributed by atoms with Gasteiger partial charge in [-0.05, 0) is 37.9 Å². The summed E-state index contributed by atoms with van der Waals surface area (Å²) in [6.45, 7) is 3.27. The van der Waals surface area contributed by atoms with Gasteiger partial charge in [-0.2, -0.15) is 0 Å². The van der Waals surface area contributed by atoms with Crippen molar-refractivity contribution in [3.8, 4) is 0 Å². The minimum Gasteiger partial charge on any atom is -0.396 e. The Hall–Kier alpha value is -0.570. The Labute approximate surface area is 96.3 Å². The van der Waals surface area contributed by atoms with Crippen LogP contribution in [0.2, 0.25) is 5.02 Å². The summed E-state index contributed by atoms with van der Waals surface area (Å²) in [6, 6.07) is 8.13. The molecule has 0 aliphatic rings. The summed E-state index contributed by atoms with van der Waals surface area (Å²) >= 11 is 6.08. The molecule has 0 saturated carbocycles. The van der Waals surface area contributed by atoms with Crippen LogP contribution in [0.3, 0.4) is 0 Å². The second kappa shape index (κ2) is 6.83. The molecule has 1 aromatic rings. The summed E-state index contributed by atoms with van der Waals surface area (Å²) in [7, 11) is 0. The second-order valence-corrected chi connectivity index (χ2v) is 4.04. The molecule has 0 fully saturated rings. The molecular formula is C12H18ClNO. The molecule has 1 rings (SSSR count). The van der Waals surface area contributed by atoms with E-state index in [0.717, 1.165) is 30.0 Å². The van der Waals surface area contributed by atoms with E-state index < -0.39 is 0 Å². The highest BCUT2D eigenvalue weighted by atomic mass is 35.5. The Kier molecular flexibility index (Phi) is 5.69. The third kappa shape index (κ3) is 4.20. The van der Waals surface area contributed by atoms with Crippen LogP contribution in [-0.4, -0.2) is 18.3 Å². The Morgan fingerprint density at radius 1 is 1.33 bits per heavy atom. The number of hydrogen-bond donors (Lipinski definition) is 2. The number of halogens is 1. The number of nitrogens with one attached hydrogen (secondary N) is 1. The Bertz CT molecular complexity index is 291. The van der Waals surface area contributed by atoms with E-state index in [4.69, 9.17) is 16.7 Å². The molecule has 0 heterocycles. The fraction of sp³-hybridized carbons (Fsp3) is 0.500. The van der Waals surface area contributed by atoms with Gasteiger partial charge in [0, 0.05) is 17.7 Å². The normalized spacial score (nSPS) is 12.7. The first kappa shape index (κ1) is 12.5. The molecule has 3 heteroatoms. The molecule has 0 unspecified atom stereocenters. The van der Waals surface area contributed by atoms with Gasteiger partial charge in [-0.25, -0.2) is 0 Å². The number of aliphatic hydroxyl groups excluding tert-OH is 1. The molecule has 15 heavy (non-hydrogen) atoms. The lowest BCUT2D eigenvalue weighted by Crippen LogP contribution is -2.20. The number of rotatable bonds is 6. The molecule has 0 saturated heterocycles. The predicted molar refractivity (Wildman–Crippen MR) is 64.2 cm³/mol. The highest BCUT2D eigenvalue weighted by Crippen LogP contribution is 2.21. The lowest BCUT2D eigenvalue weighted by molar-refractivity contribution is 0.283. The molecule has 0 spiro atoms. The lowest BCUT2D eigenvalue weighted by atomic mass is 10.1. The van der Waals surface area contributed by atoms with E-state index in [9.17, 15) is 0 Å².